The minimum absolute atomic E-state index is 0.0855. The van der Waals surface area contributed by atoms with E-state index in [2.05, 4.69) is 47.0 Å². The average Bonchev–Trinajstić information content (AvgIpc) is 2.89. The SMILES string of the molecule is CC(C)(C)c1cc2nnc(N3CCC(N)CC3)n2[nH]1. The summed E-state index contributed by atoms with van der Waals surface area (Å²) in [6.07, 6.45) is 2.03. The molecule has 0 aromatic carbocycles. The number of hydrogen-bond acceptors (Lipinski definition) is 4. The molecule has 1 aliphatic heterocycles. The molecule has 6 nitrogen and oxygen atoms in total. The highest BCUT2D eigenvalue weighted by molar-refractivity contribution is 5.48. The Kier molecular flexibility index (Phi) is 2.78. The maximum Gasteiger partial charge on any atom is 0.246 e. The third-order valence-electron chi connectivity index (χ3n) is 3.81. The van der Waals surface area contributed by atoms with Gasteiger partial charge in [0.25, 0.3) is 0 Å². The molecule has 3 N–H and O–H groups in total. The number of piperidine rings is 1. The third-order valence-corrected chi connectivity index (χ3v) is 3.81. The number of nitrogens with two attached hydrogens (primary N) is 1. The molecule has 3 heterocycles. The summed E-state index contributed by atoms with van der Waals surface area (Å²) in [5.74, 6) is 0.900. The van der Waals surface area contributed by atoms with Crippen LogP contribution in [0.1, 0.15) is 39.3 Å². The van der Waals surface area contributed by atoms with Gasteiger partial charge in [0.2, 0.25) is 5.95 Å². The molecule has 0 spiro atoms. The molecule has 0 amide bonds. The number of fused-ring (bicyclic) bond motifs is 1. The second-order valence-electron chi connectivity index (χ2n) is 6.44. The zero-order valence-electron chi connectivity index (χ0n) is 11.8. The van der Waals surface area contributed by atoms with E-state index in [9.17, 15) is 0 Å². The van der Waals surface area contributed by atoms with Crippen molar-refractivity contribution >= 4 is 11.6 Å². The quantitative estimate of drug-likeness (QED) is 0.812. The van der Waals surface area contributed by atoms with E-state index in [0.29, 0.717) is 6.04 Å². The predicted octanol–water partition coefficient (Wildman–Crippen LogP) is 1.28. The zero-order valence-corrected chi connectivity index (χ0v) is 11.8. The van der Waals surface area contributed by atoms with Gasteiger partial charge in [0.15, 0.2) is 5.65 Å². The summed E-state index contributed by atoms with van der Waals surface area (Å²) < 4.78 is 1.98. The van der Waals surface area contributed by atoms with E-state index in [1.165, 1.54) is 5.69 Å². The maximum absolute atomic E-state index is 5.95. The molecule has 2 aromatic rings. The minimum atomic E-state index is 0.0855. The number of nitrogens with zero attached hydrogens (tertiary/aromatic N) is 4. The van der Waals surface area contributed by atoms with Gasteiger partial charge < -0.3 is 10.6 Å². The van der Waals surface area contributed by atoms with Crippen molar-refractivity contribution in [3.05, 3.63) is 11.8 Å². The van der Waals surface area contributed by atoms with Crippen LogP contribution in [0.2, 0.25) is 0 Å². The first-order chi connectivity index (χ1) is 8.95. The van der Waals surface area contributed by atoms with E-state index in [4.69, 9.17) is 5.73 Å². The molecule has 1 saturated heterocycles. The fourth-order valence-corrected chi connectivity index (χ4v) is 2.46. The molecular weight excluding hydrogens is 240 g/mol. The van der Waals surface area contributed by atoms with Gasteiger partial charge in [0, 0.05) is 36.3 Å². The standard InChI is InChI=1S/C13H22N6/c1-13(2,3)10-8-11-15-16-12(19(11)17-10)18-6-4-9(14)5-7-18/h8-9,17H,4-7,14H2,1-3H3. The molecule has 0 saturated carbocycles. The van der Waals surface area contributed by atoms with Gasteiger partial charge >= 0.3 is 0 Å². The van der Waals surface area contributed by atoms with E-state index < -0.39 is 0 Å². The van der Waals surface area contributed by atoms with Crippen molar-refractivity contribution < 1.29 is 0 Å². The Morgan fingerprint density at radius 3 is 2.58 bits per heavy atom. The molecule has 6 heteroatoms. The van der Waals surface area contributed by atoms with Gasteiger partial charge in [-0.05, 0) is 12.8 Å². The lowest BCUT2D eigenvalue weighted by atomic mass is 9.93. The van der Waals surface area contributed by atoms with Crippen molar-refractivity contribution in [1.29, 1.82) is 0 Å². The number of rotatable bonds is 1. The largest absolute Gasteiger partial charge is 0.339 e. The summed E-state index contributed by atoms with van der Waals surface area (Å²) in [4.78, 5) is 2.26. The third kappa shape index (κ3) is 2.20. The molecule has 0 aliphatic carbocycles. The van der Waals surface area contributed by atoms with Crippen LogP contribution >= 0.6 is 0 Å². The Hall–Kier alpha value is -1.56. The Morgan fingerprint density at radius 1 is 1.26 bits per heavy atom. The topological polar surface area (TPSA) is 75.2 Å². The van der Waals surface area contributed by atoms with Gasteiger partial charge in [0.05, 0.1) is 0 Å². The van der Waals surface area contributed by atoms with E-state index in [0.717, 1.165) is 37.5 Å². The van der Waals surface area contributed by atoms with Crippen LogP contribution in [-0.4, -0.2) is 38.9 Å². The summed E-state index contributed by atoms with van der Waals surface area (Å²) in [5.41, 5.74) is 8.09. The fourth-order valence-electron chi connectivity index (χ4n) is 2.46. The summed E-state index contributed by atoms with van der Waals surface area (Å²) >= 11 is 0. The van der Waals surface area contributed by atoms with Crippen molar-refractivity contribution in [2.24, 2.45) is 5.73 Å². The zero-order chi connectivity index (χ0) is 13.6. The van der Waals surface area contributed by atoms with Crippen molar-refractivity contribution in [2.75, 3.05) is 18.0 Å². The summed E-state index contributed by atoms with van der Waals surface area (Å²) in [6, 6.07) is 2.40. The second kappa shape index (κ2) is 4.23. The van der Waals surface area contributed by atoms with Gasteiger partial charge in [-0.25, -0.2) is 4.52 Å². The summed E-state index contributed by atoms with van der Waals surface area (Å²) in [7, 11) is 0. The van der Waals surface area contributed by atoms with Gasteiger partial charge in [0.1, 0.15) is 0 Å². The Balaban J connectivity index is 1.94. The predicted molar refractivity (Wildman–Crippen MR) is 75.5 cm³/mol. The van der Waals surface area contributed by atoms with Crippen LogP contribution in [0.3, 0.4) is 0 Å². The lowest BCUT2D eigenvalue weighted by Crippen LogP contribution is -2.40. The molecule has 0 atom stereocenters. The van der Waals surface area contributed by atoms with Crippen LogP contribution < -0.4 is 10.6 Å². The molecule has 104 valence electrons. The molecule has 1 aliphatic rings. The van der Waals surface area contributed by atoms with Crippen LogP contribution in [0.4, 0.5) is 5.95 Å². The van der Waals surface area contributed by atoms with E-state index in [1.54, 1.807) is 0 Å². The van der Waals surface area contributed by atoms with Gasteiger partial charge in [-0.1, -0.05) is 20.8 Å². The van der Waals surface area contributed by atoms with Crippen molar-refractivity contribution in [1.82, 2.24) is 19.8 Å². The summed E-state index contributed by atoms with van der Waals surface area (Å²) in [5, 5.41) is 12.0. The maximum atomic E-state index is 5.95. The van der Waals surface area contributed by atoms with Crippen molar-refractivity contribution in [2.45, 2.75) is 45.1 Å². The molecule has 3 rings (SSSR count). The Labute approximate surface area is 113 Å². The molecule has 0 unspecified atom stereocenters. The number of aromatic nitrogens is 4. The molecule has 19 heavy (non-hydrogen) atoms. The number of H-pyrrole nitrogens is 1. The highest BCUT2D eigenvalue weighted by Crippen LogP contribution is 2.24. The fraction of sp³-hybridized carbons (Fsp3) is 0.692. The highest BCUT2D eigenvalue weighted by atomic mass is 15.5. The first-order valence-electron chi connectivity index (χ1n) is 6.90. The highest BCUT2D eigenvalue weighted by Gasteiger charge is 2.23. The monoisotopic (exact) mass is 262 g/mol. The van der Waals surface area contributed by atoms with Crippen LogP contribution in [0.5, 0.6) is 0 Å². The molecule has 0 radical (unpaired) electrons. The Bertz CT molecular complexity index is 567. The molecular formula is C13H22N6. The lowest BCUT2D eigenvalue weighted by Gasteiger charge is -2.29. The second-order valence-corrected chi connectivity index (χ2v) is 6.44. The van der Waals surface area contributed by atoms with E-state index in [1.807, 2.05) is 4.52 Å². The van der Waals surface area contributed by atoms with E-state index >= 15 is 0 Å². The average molecular weight is 262 g/mol. The Morgan fingerprint density at radius 2 is 1.95 bits per heavy atom. The normalized spacial score (nSPS) is 18.4. The van der Waals surface area contributed by atoms with Crippen LogP contribution in [0.15, 0.2) is 6.07 Å². The van der Waals surface area contributed by atoms with Crippen LogP contribution in [-0.2, 0) is 5.41 Å². The first kappa shape index (κ1) is 12.5. The van der Waals surface area contributed by atoms with Crippen LogP contribution in [0.25, 0.3) is 5.65 Å². The molecule has 2 aromatic heterocycles. The summed E-state index contributed by atoms with van der Waals surface area (Å²) in [6.45, 7) is 8.46. The van der Waals surface area contributed by atoms with Crippen LogP contribution in [0, 0.1) is 0 Å². The van der Waals surface area contributed by atoms with Crippen molar-refractivity contribution in [3.63, 3.8) is 0 Å². The smallest absolute Gasteiger partial charge is 0.246 e. The first-order valence-corrected chi connectivity index (χ1v) is 6.90. The number of anilines is 1. The molecule has 1 fully saturated rings. The van der Waals surface area contributed by atoms with Gasteiger partial charge in [-0.15, -0.1) is 10.2 Å². The van der Waals surface area contributed by atoms with Crippen molar-refractivity contribution in [3.8, 4) is 0 Å². The molecule has 0 bridgehead atoms. The number of nitrogens with one attached hydrogen (secondary N) is 1. The number of hydrogen-bond donors (Lipinski definition) is 2. The van der Waals surface area contributed by atoms with E-state index in [-0.39, 0.29) is 5.41 Å². The number of aromatic amines is 1. The lowest BCUT2D eigenvalue weighted by molar-refractivity contribution is 0.492. The minimum Gasteiger partial charge on any atom is -0.339 e. The van der Waals surface area contributed by atoms with Gasteiger partial charge in [-0.2, -0.15) is 0 Å². The van der Waals surface area contributed by atoms with Gasteiger partial charge in [-0.3, -0.25) is 5.10 Å².